The standard InChI is InChI=1S/C13H20N2O5S/c1-6-20-11(16)10(13(2,3)17)21-12-14-8(18-4)7-9(15-12)19-5/h7,10,17H,6H2,1-5H3. The van der Waals surface area contributed by atoms with E-state index in [-0.39, 0.29) is 11.8 Å². The molecule has 0 aliphatic carbocycles. The molecule has 0 aliphatic heterocycles. The van der Waals surface area contributed by atoms with Crippen molar-refractivity contribution in [2.75, 3.05) is 20.8 Å². The second-order valence-corrected chi connectivity index (χ2v) is 5.71. The molecule has 0 bridgehead atoms. The van der Waals surface area contributed by atoms with Crippen LogP contribution in [0.1, 0.15) is 20.8 Å². The van der Waals surface area contributed by atoms with Crippen LogP contribution >= 0.6 is 11.8 Å². The largest absolute Gasteiger partial charge is 0.481 e. The maximum Gasteiger partial charge on any atom is 0.322 e. The number of nitrogens with zero attached hydrogens (tertiary/aromatic N) is 2. The van der Waals surface area contributed by atoms with Crippen molar-refractivity contribution in [2.24, 2.45) is 0 Å². The Bertz CT molecular complexity index is 468. The lowest BCUT2D eigenvalue weighted by Gasteiger charge is -2.26. The predicted octanol–water partition coefficient (Wildman–Crippen LogP) is 1.29. The van der Waals surface area contributed by atoms with Gasteiger partial charge in [-0.1, -0.05) is 11.8 Å². The molecule has 21 heavy (non-hydrogen) atoms. The maximum absolute atomic E-state index is 12.0. The molecule has 118 valence electrons. The second kappa shape index (κ2) is 7.46. The third-order valence-corrected chi connectivity index (χ3v) is 3.84. The molecule has 1 rings (SSSR count). The molecule has 0 spiro atoms. The summed E-state index contributed by atoms with van der Waals surface area (Å²) in [6, 6.07) is 1.52. The summed E-state index contributed by atoms with van der Waals surface area (Å²) in [4.78, 5) is 20.2. The molecule has 1 unspecified atom stereocenters. The van der Waals surface area contributed by atoms with E-state index in [2.05, 4.69) is 9.97 Å². The lowest BCUT2D eigenvalue weighted by atomic mass is 10.1. The average molecular weight is 316 g/mol. The van der Waals surface area contributed by atoms with Gasteiger partial charge in [0.15, 0.2) is 5.16 Å². The van der Waals surface area contributed by atoms with E-state index in [4.69, 9.17) is 14.2 Å². The summed E-state index contributed by atoms with van der Waals surface area (Å²) in [5, 5.41) is 9.54. The fourth-order valence-electron chi connectivity index (χ4n) is 1.45. The lowest BCUT2D eigenvalue weighted by molar-refractivity contribution is -0.146. The Labute approximate surface area is 128 Å². The van der Waals surface area contributed by atoms with Gasteiger partial charge in [-0.15, -0.1) is 0 Å². The molecule has 0 saturated carbocycles. The number of methoxy groups -OCH3 is 2. The zero-order chi connectivity index (χ0) is 16.0. The monoisotopic (exact) mass is 316 g/mol. The first kappa shape index (κ1) is 17.5. The smallest absolute Gasteiger partial charge is 0.322 e. The molecule has 0 aromatic carbocycles. The van der Waals surface area contributed by atoms with Crippen molar-refractivity contribution in [2.45, 2.75) is 36.8 Å². The number of hydrogen-bond donors (Lipinski definition) is 1. The van der Waals surface area contributed by atoms with Crippen LogP contribution in [0.3, 0.4) is 0 Å². The molecule has 0 fully saturated rings. The number of carbonyl (C=O) groups is 1. The first-order valence-electron chi connectivity index (χ1n) is 6.34. The van der Waals surface area contributed by atoms with Crippen molar-refractivity contribution in [1.29, 1.82) is 0 Å². The van der Waals surface area contributed by atoms with Crippen LogP contribution in [0.15, 0.2) is 11.2 Å². The summed E-state index contributed by atoms with van der Waals surface area (Å²) in [7, 11) is 2.93. The van der Waals surface area contributed by atoms with Gasteiger partial charge in [0.1, 0.15) is 5.25 Å². The van der Waals surface area contributed by atoms with Crippen molar-refractivity contribution >= 4 is 17.7 Å². The highest BCUT2D eigenvalue weighted by Gasteiger charge is 2.36. The van der Waals surface area contributed by atoms with E-state index in [0.29, 0.717) is 11.8 Å². The summed E-state index contributed by atoms with van der Waals surface area (Å²) in [6.07, 6.45) is 0. The zero-order valence-corrected chi connectivity index (χ0v) is 13.6. The SMILES string of the molecule is CCOC(=O)C(Sc1nc(OC)cc(OC)n1)C(C)(C)O. The minimum atomic E-state index is -1.30. The van der Waals surface area contributed by atoms with E-state index < -0.39 is 16.8 Å². The van der Waals surface area contributed by atoms with Crippen molar-refractivity contribution in [3.05, 3.63) is 6.07 Å². The van der Waals surface area contributed by atoms with Crippen LogP contribution in [0.2, 0.25) is 0 Å². The van der Waals surface area contributed by atoms with E-state index >= 15 is 0 Å². The van der Waals surface area contributed by atoms with Crippen molar-refractivity contribution in [1.82, 2.24) is 9.97 Å². The van der Waals surface area contributed by atoms with Crippen LogP contribution in [0.5, 0.6) is 11.8 Å². The van der Waals surface area contributed by atoms with Crippen molar-refractivity contribution < 1.29 is 24.1 Å². The van der Waals surface area contributed by atoms with Crippen LogP contribution in [0.4, 0.5) is 0 Å². The Hall–Kier alpha value is -1.54. The van der Waals surface area contributed by atoms with Gasteiger partial charge in [0.2, 0.25) is 11.8 Å². The van der Waals surface area contributed by atoms with E-state index in [1.165, 1.54) is 34.1 Å². The fraction of sp³-hybridized carbons (Fsp3) is 0.615. The van der Waals surface area contributed by atoms with Crippen LogP contribution in [-0.4, -0.2) is 52.7 Å². The summed E-state index contributed by atoms with van der Waals surface area (Å²) in [5.41, 5.74) is -1.30. The highest BCUT2D eigenvalue weighted by molar-refractivity contribution is 8.00. The molecule has 1 atom stereocenters. The summed E-state index contributed by atoms with van der Waals surface area (Å²) >= 11 is 0.996. The number of thioether (sulfide) groups is 1. The Balaban J connectivity index is 3.05. The van der Waals surface area contributed by atoms with Crippen molar-refractivity contribution in [3.8, 4) is 11.8 Å². The zero-order valence-electron chi connectivity index (χ0n) is 12.7. The van der Waals surface area contributed by atoms with Gasteiger partial charge in [-0.2, -0.15) is 9.97 Å². The first-order valence-corrected chi connectivity index (χ1v) is 7.22. The van der Waals surface area contributed by atoms with Gasteiger partial charge in [-0.3, -0.25) is 4.79 Å². The third kappa shape index (κ3) is 5.05. The van der Waals surface area contributed by atoms with Gasteiger partial charge >= 0.3 is 5.97 Å². The third-order valence-electron chi connectivity index (χ3n) is 2.44. The Morgan fingerprint density at radius 3 is 2.24 bits per heavy atom. The molecule has 1 N–H and O–H groups in total. The van der Waals surface area contributed by atoms with Gasteiger partial charge in [0, 0.05) is 0 Å². The Kier molecular flexibility index (Phi) is 6.22. The minimum absolute atomic E-state index is 0.230. The quantitative estimate of drug-likeness (QED) is 0.457. The number of hydrogen-bond acceptors (Lipinski definition) is 8. The van der Waals surface area contributed by atoms with Gasteiger partial charge in [0.05, 0.1) is 32.5 Å². The summed E-state index contributed by atoms with van der Waals surface area (Å²) < 4.78 is 15.1. The summed E-state index contributed by atoms with van der Waals surface area (Å²) in [5.74, 6) is 0.0887. The highest BCUT2D eigenvalue weighted by Crippen LogP contribution is 2.31. The molecular weight excluding hydrogens is 296 g/mol. The molecule has 0 radical (unpaired) electrons. The molecule has 7 nitrogen and oxygen atoms in total. The molecule has 1 aromatic rings. The molecule has 8 heteroatoms. The summed E-state index contributed by atoms with van der Waals surface area (Å²) in [6.45, 7) is 4.99. The first-order chi connectivity index (χ1) is 9.81. The van der Waals surface area contributed by atoms with Crippen LogP contribution in [0, 0.1) is 0 Å². The second-order valence-electron chi connectivity index (χ2n) is 4.64. The normalized spacial score (nSPS) is 12.7. The molecule has 0 aliphatic rings. The topological polar surface area (TPSA) is 90.8 Å². The number of ether oxygens (including phenoxy) is 3. The van der Waals surface area contributed by atoms with Gasteiger partial charge in [-0.25, -0.2) is 0 Å². The van der Waals surface area contributed by atoms with Crippen LogP contribution < -0.4 is 9.47 Å². The molecule has 1 heterocycles. The molecule has 0 saturated heterocycles. The number of aliphatic hydroxyl groups is 1. The average Bonchev–Trinajstić information content (AvgIpc) is 2.43. The van der Waals surface area contributed by atoms with E-state index in [9.17, 15) is 9.90 Å². The van der Waals surface area contributed by atoms with E-state index in [1.807, 2.05) is 0 Å². The van der Waals surface area contributed by atoms with Gasteiger partial charge < -0.3 is 19.3 Å². The fourth-order valence-corrected chi connectivity index (χ4v) is 2.40. The van der Waals surface area contributed by atoms with E-state index in [1.54, 1.807) is 6.92 Å². The maximum atomic E-state index is 12.0. The highest BCUT2D eigenvalue weighted by atomic mass is 32.2. The Morgan fingerprint density at radius 2 is 1.86 bits per heavy atom. The lowest BCUT2D eigenvalue weighted by Crippen LogP contribution is -2.40. The predicted molar refractivity (Wildman–Crippen MR) is 77.7 cm³/mol. The number of carbonyl (C=O) groups excluding carboxylic acids is 1. The molecule has 1 aromatic heterocycles. The number of esters is 1. The number of rotatable bonds is 7. The number of aromatic nitrogens is 2. The molecular formula is C13H20N2O5S. The van der Waals surface area contributed by atoms with Crippen LogP contribution in [-0.2, 0) is 9.53 Å². The minimum Gasteiger partial charge on any atom is -0.481 e. The van der Waals surface area contributed by atoms with E-state index in [0.717, 1.165) is 11.8 Å². The van der Waals surface area contributed by atoms with Crippen LogP contribution in [0.25, 0.3) is 0 Å². The van der Waals surface area contributed by atoms with Crippen molar-refractivity contribution in [3.63, 3.8) is 0 Å². The van der Waals surface area contributed by atoms with Gasteiger partial charge in [0.25, 0.3) is 0 Å². The molecule has 0 amide bonds. The van der Waals surface area contributed by atoms with Gasteiger partial charge in [-0.05, 0) is 20.8 Å². The Morgan fingerprint density at radius 1 is 1.33 bits per heavy atom.